The van der Waals surface area contributed by atoms with Gasteiger partial charge in [-0.2, -0.15) is 0 Å². The molecule has 0 saturated heterocycles. The van der Waals surface area contributed by atoms with E-state index in [-0.39, 0.29) is 5.92 Å². The monoisotopic (exact) mass is 319 g/mol. The highest BCUT2D eigenvalue weighted by Gasteiger charge is 2.19. The summed E-state index contributed by atoms with van der Waals surface area (Å²) in [6.45, 7) is 6.03. The van der Waals surface area contributed by atoms with Gasteiger partial charge in [0.05, 0.1) is 0 Å². The van der Waals surface area contributed by atoms with E-state index in [1.54, 1.807) is 33.0 Å². The standard InChI is InChI=1S/C13H19Cl2N3O2/c1-13(2,3)20-12(19)18-6-8(5-16)9-7-17-11(15)4-10(9)14/h4,7-8H,5-6,16H2,1-3H3,(H,18,19). The molecule has 1 amide bonds. The Kier molecular flexibility index (Phi) is 6.05. The fourth-order valence-electron chi connectivity index (χ4n) is 1.56. The lowest BCUT2D eigenvalue weighted by Crippen LogP contribution is -2.36. The molecule has 0 aliphatic heterocycles. The summed E-state index contributed by atoms with van der Waals surface area (Å²) in [6, 6.07) is 1.55. The van der Waals surface area contributed by atoms with Crippen LogP contribution in [0.25, 0.3) is 0 Å². The number of amides is 1. The Labute approximate surface area is 128 Å². The van der Waals surface area contributed by atoms with Crippen molar-refractivity contribution in [2.45, 2.75) is 32.3 Å². The van der Waals surface area contributed by atoms with Gasteiger partial charge in [0.2, 0.25) is 0 Å². The first-order valence-electron chi connectivity index (χ1n) is 6.21. The van der Waals surface area contributed by atoms with Crippen molar-refractivity contribution in [3.63, 3.8) is 0 Å². The van der Waals surface area contributed by atoms with E-state index in [0.717, 1.165) is 5.56 Å². The number of carbonyl (C=O) groups excluding carboxylic acids is 1. The fraction of sp³-hybridized carbons (Fsp3) is 0.538. The van der Waals surface area contributed by atoms with E-state index in [4.69, 9.17) is 33.7 Å². The molecule has 1 unspecified atom stereocenters. The van der Waals surface area contributed by atoms with Gasteiger partial charge in [-0.1, -0.05) is 23.2 Å². The molecule has 0 radical (unpaired) electrons. The van der Waals surface area contributed by atoms with Crippen LogP contribution in [-0.2, 0) is 4.74 Å². The summed E-state index contributed by atoms with van der Waals surface area (Å²) < 4.78 is 5.16. The summed E-state index contributed by atoms with van der Waals surface area (Å²) in [7, 11) is 0. The van der Waals surface area contributed by atoms with E-state index in [1.807, 2.05) is 0 Å². The molecule has 5 nitrogen and oxygen atoms in total. The smallest absolute Gasteiger partial charge is 0.407 e. The minimum absolute atomic E-state index is 0.153. The summed E-state index contributed by atoms with van der Waals surface area (Å²) in [5, 5.41) is 3.46. The molecule has 1 heterocycles. The lowest BCUT2D eigenvalue weighted by atomic mass is 10.0. The molecule has 1 atom stereocenters. The van der Waals surface area contributed by atoms with E-state index >= 15 is 0 Å². The molecule has 7 heteroatoms. The number of halogens is 2. The number of aromatic nitrogens is 1. The van der Waals surface area contributed by atoms with Gasteiger partial charge in [-0.15, -0.1) is 0 Å². The average molecular weight is 320 g/mol. The number of hydrogen-bond donors (Lipinski definition) is 2. The number of carbonyl (C=O) groups is 1. The molecular weight excluding hydrogens is 301 g/mol. The Hall–Kier alpha value is -1.04. The molecule has 1 aromatic rings. The second-order valence-corrected chi connectivity index (χ2v) is 6.14. The average Bonchev–Trinajstić information content (AvgIpc) is 2.29. The Morgan fingerprint density at radius 1 is 1.50 bits per heavy atom. The summed E-state index contributed by atoms with van der Waals surface area (Å²) in [4.78, 5) is 15.6. The third kappa shape index (κ3) is 5.53. The van der Waals surface area contributed by atoms with Gasteiger partial charge in [-0.3, -0.25) is 0 Å². The minimum atomic E-state index is -0.540. The molecule has 0 aliphatic rings. The molecule has 3 N–H and O–H groups in total. The number of hydrogen-bond acceptors (Lipinski definition) is 4. The number of ether oxygens (including phenoxy) is 1. The molecule has 0 fully saturated rings. The normalized spacial score (nSPS) is 12.9. The number of pyridine rings is 1. The van der Waals surface area contributed by atoms with Gasteiger partial charge in [0.1, 0.15) is 10.8 Å². The first-order valence-corrected chi connectivity index (χ1v) is 6.96. The van der Waals surface area contributed by atoms with E-state index in [0.29, 0.717) is 23.3 Å². The van der Waals surface area contributed by atoms with Crippen LogP contribution in [0.1, 0.15) is 32.3 Å². The summed E-state index contributed by atoms with van der Waals surface area (Å²) in [6.07, 6.45) is 1.08. The third-order valence-corrected chi connectivity index (χ3v) is 3.00. The van der Waals surface area contributed by atoms with Crippen molar-refractivity contribution < 1.29 is 9.53 Å². The molecule has 112 valence electrons. The van der Waals surface area contributed by atoms with E-state index in [1.165, 1.54) is 0 Å². The molecule has 0 bridgehead atoms. The predicted molar refractivity (Wildman–Crippen MR) is 80.3 cm³/mol. The molecule has 0 spiro atoms. The van der Waals surface area contributed by atoms with Crippen LogP contribution in [-0.4, -0.2) is 29.8 Å². The number of alkyl carbamates (subject to hydrolysis) is 1. The van der Waals surface area contributed by atoms with Crippen molar-refractivity contribution in [3.8, 4) is 0 Å². The zero-order valence-electron chi connectivity index (χ0n) is 11.7. The van der Waals surface area contributed by atoms with E-state index < -0.39 is 11.7 Å². The van der Waals surface area contributed by atoms with Crippen molar-refractivity contribution in [3.05, 3.63) is 28.0 Å². The number of nitrogens with zero attached hydrogens (tertiary/aromatic N) is 1. The maximum Gasteiger partial charge on any atom is 0.407 e. The van der Waals surface area contributed by atoms with Crippen LogP contribution in [0.15, 0.2) is 12.3 Å². The fourth-order valence-corrected chi connectivity index (χ4v) is 2.08. The van der Waals surface area contributed by atoms with Crippen molar-refractivity contribution in [2.75, 3.05) is 13.1 Å². The van der Waals surface area contributed by atoms with Crippen LogP contribution in [0, 0.1) is 0 Å². The van der Waals surface area contributed by atoms with Crippen molar-refractivity contribution >= 4 is 29.3 Å². The number of nitrogens with one attached hydrogen (secondary N) is 1. The topological polar surface area (TPSA) is 77.2 Å². The zero-order valence-corrected chi connectivity index (χ0v) is 13.3. The molecule has 0 aliphatic carbocycles. The maximum absolute atomic E-state index is 11.6. The van der Waals surface area contributed by atoms with E-state index in [9.17, 15) is 4.79 Å². The summed E-state index contributed by atoms with van der Waals surface area (Å²) >= 11 is 11.8. The Morgan fingerprint density at radius 3 is 2.65 bits per heavy atom. The molecule has 0 aromatic carbocycles. The van der Waals surface area contributed by atoms with Crippen LogP contribution in [0.2, 0.25) is 10.2 Å². The first-order chi connectivity index (χ1) is 9.23. The Balaban J connectivity index is 2.66. The summed E-state index contributed by atoms with van der Waals surface area (Å²) in [5.41, 5.74) is 5.92. The van der Waals surface area contributed by atoms with Gasteiger partial charge in [-0.25, -0.2) is 9.78 Å². The van der Waals surface area contributed by atoms with Gasteiger partial charge in [0.25, 0.3) is 0 Å². The van der Waals surface area contributed by atoms with Crippen molar-refractivity contribution in [1.82, 2.24) is 10.3 Å². The van der Waals surface area contributed by atoms with E-state index in [2.05, 4.69) is 10.3 Å². The highest BCUT2D eigenvalue weighted by atomic mass is 35.5. The lowest BCUT2D eigenvalue weighted by Gasteiger charge is -2.22. The van der Waals surface area contributed by atoms with Gasteiger partial charge in [0, 0.05) is 30.2 Å². The van der Waals surface area contributed by atoms with Crippen molar-refractivity contribution in [1.29, 1.82) is 0 Å². The number of rotatable bonds is 4. The van der Waals surface area contributed by atoms with Crippen LogP contribution in [0.5, 0.6) is 0 Å². The second kappa shape index (κ2) is 7.11. The first kappa shape index (κ1) is 17.0. The Morgan fingerprint density at radius 2 is 2.15 bits per heavy atom. The van der Waals surface area contributed by atoms with Crippen LogP contribution in [0.3, 0.4) is 0 Å². The minimum Gasteiger partial charge on any atom is -0.444 e. The van der Waals surface area contributed by atoms with Gasteiger partial charge < -0.3 is 15.8 Å². The largest absolute Gasteiger partial charge is 0.444 e. The Bertz CT molecular complexity index is 475. The molecule has 1 aromatic heterocycles. The van der Waals surface area contributed by atoms with Crippen molar-refractivity contribution in [2.24, 2.45) is 5.73 Å². The zero-order chi connectivity index (χ0) is 15.3. The van der Waals surface area contributed by atoms with Gasteiger partial charge >= 0.3 is 6.09 Å². The molecule has 20 heavy (non-hydrogen) atoms. The maximum atomic E-state index is 11.6. The molecule has 1 rings (SSSR count). The van der Waals surface area contributed by atoms with Gasteiger partial charge in [0.15, 0.2) is 0 Å². The quantitative estimate of drug-likeness (QED) is 0.836. The van der Waals surface area contributed by atoms with Crippen LogP contribution in [0.4, 0.5) is 4.79 Å². The molecule has 0 saturated carbocycles. The van der Waals surface area contributed by atoms with Gasteiger partial charge in [-0.05, 0) is 32.4 Å². The second-order valence-electron chi connectivity index (χ2n) is 5.34. The lowest BCUT2D eigenvalue weighted by molar-refractivity contribution is 0.0525. The third-order valence-electron chi connectivity index (χ3n) is 2.46. The highest BCUT2D eigenvalue weighted by Crippen LogP contribution is 2.25. The van der Waals surface area contributed by atoms with Crippen LogP contribution < -0.4 is 11.1 Å². The SMILES string of the molecule is CC(C)(C)OC(=O)NCC(CN)c1cnc(Cl)cc1Cl. The molecular formula is C13H19Cl2N3O2. The number of nitrogens with two attached hydrogens (primary N) is 1. The van der Waals surface area contributed by atoms with Crippen LogP contribution >= 0.6 is 23.2 Å². The predicted octanol–water partition coefficient (Wildman–Crippen LogP) is 2.96. The summed E-state index contributed by atoms with van der Waals surface area (Å²) in [5.74, 6) is -0.153. The highest BCUT2D eigenvalue weighted by molar-refractivity contribution is 6.34.